The second-order valence-corrected chi connectivity index (χ2v) is 4.79. The van der Waals surface area contributed by atoms with Crippen molar-refractivity contribution in [2.45, 2.75) is 6.42 Å². The van der Waals surface area contributed by atoms with Crippen LogP contribution >= 0.6 is 12.2 Å². The van der Waals surface area contributed by atoms with Crippen LogP contribution in [0.1, 0.15) is 11.1 Å². The van der Waals surface area contributed by atoms with Gasteiger partial charge < -0.3 is 4.98 Å². The number of fused-ring (bicyclic) bond motifs is 1. The average Bonchev–Trinajstić information content (AvgIpc) is 2.52. The van der Waals surface area contributed by atoms with E-state index in [9.17, 15) is 0 Å². The SMILES string of the molecule is C#N.S=c1cc[nH]cc1Cc1cccc2ccccc12. The fourth-order valence-electron chi connectivity index (χ4n) is 2.24. The number of benzene rings is 2. The molecule has 2 aromatic carbocycles. The van der Waals surface area contributed by atoms with Gasteiger partial charge >= 0.3 is 0 Å². The fraction of sp³-hybridized carbons (Fsp3) is 0.0588. The third-order valence-corrected chi connectivity index (χ3v) is 3.56. The zero-order chi connectivity index (χ0) is 14.4. The molecule has 0 atom stereocenters. The number of aromatic nitrogens is 1. The van der Waals surface area contributed by atoms with Crippen molar-refractivity contribution < 1.29 is 0 Å². The lowest BCUT2D eigenvalue weighted by Gasteiger charge is -2.06. The van der Waals surface area contributed by atoms with E-state index >= 15 is 0 Å². The normalized spacial score (nSPS) is 9.70. The van der Waals surface area contributed by atoms with Gasteiger partial charge in [0.1, 0.15) is 0 Å². The summed E-state index contributed by atoms with van der Waals surface area (Å²) in [5.74, 6) is 0. The molecule has 1 heterocycles. The number of nitrogens with zero attached hydrogens (tertiary/aromatic N) is 1. The molecule has 0 unspecified atom stereocenters. The Kier molecular flexibility index (Phi) is 4.65. The molecule has 1 aromatic heterocycles. The van der Waals surface area contributed by atoms with E-state index in [0.29, 0.717) is 0 Å². The molecule has 20 heavy (non-hydrogen) atoms. The lowest BCUT2D eigenvalue weighted by atomic mass is 9.99. The van der Waals surface area contributed by atoms with Gasteiger partial charge in [0.25, 0.3) is 0 Å². The summed E-state index contributed by atoms with van der Waals surface area (Å²) in [4.78, 5) is 3.10. The Hall–Kier alpha value is -2.44. The van der Waals surface area contributed by atoms with E-state index in [4.69, 9.17) is 17.5 Å². The van der Waals surface area contributed by atoms with Gasteiger partial charge in [0, 0.05) is 29.9 Å². The molecule has 98 valence electrons. The highest BCUT2D eigenvalue weighted by atomic mass is 32.1. The molecule has 0 aliphatic carbocycles. The van der Waals surface area contributed by atoms with Crippen LogP contribution in [0.4, 0.5) is 0 Å². The Bertz CT molecular complexity index is 782. The van der Waals surface area contributed by atoms with Crippen LogP contribution in [0, 0.1) is 16.3 Å². The molecule has 0 saturated carbocycles. The maximum Gasteiger partial charge on any atom is 0.0462 e. The van der Waals surface area contributed by atoms with Gasteiger partial charge in [0.15, 0.2) is 0 Å². The number of hydrogen-bond donors (Lipinski definition) is 1. The molecule has 0 amide bonds. The zero-order valence-electron chi connectivity index (χ0n) is 10.9. The van der Waals surface area contributed by atoms with E-state index in [1.807, 2.05) is 18.5 Å². The lowest BCUT2D eigenvalue weighted by molar-refractivity contribution is 1.15. The Balaban J connectivity index is 0.000000704. The van der Waals surface area contributed by atoms with Gasteiger partial charge in [0.05, 0.1) is 0 Å². The van der Waals surface area contributed by atoms with Crippen molar-refractivity contribution in [3.8, 4) is 6.57 Å². The van der Waals surface area contributed by atoms with Gasteiger partial charge in [-0.3, -0.25) is 0 Å². The minimum absolute atomic E-state index is 0.873. The number of rotatable bonds is 2. The number of hydrogen-bond acceptors (Lipinski definition) is 2. The Morgan fingerprint density at radius 1 is 0.950 bits per heavy atom. The van der Waals surface area contributed by atoms with Crippen LogP contribution in [-0.2, 0) is 6.42 Å². The van der Waals surface area contributed by atoms with E-state index in [1.165, 1.54) is 21.9 Å². The summed E-state index contributed by atoms with van der Waals surface area (Å²) in [6.45, 7) is 3.50. The van der Waals surface area contributed by atoms with E-state index < -0.39 is 0 Å². The van der Waals surface area contributed by atoms with Gasteiger partial charge in [-0.15, -0.1) is 0 Å². The van der Waals surface area contributed by atoms with Crippen molar-refractivity contribution in [3.05, 3.63) is 76.6 Å². The van der Waals surface area contributed by atoms with Crippen molar-refractivity contribution in [1.82, 2.24) is 4.98 Å². The topological polar surface area (TPSA) is 39.6 Å². The predicted octanol–water partition coefficient (Wildman–Crippen LogP) is 4.63. The summed E-state index contributed by atoms with van der Waals surface area (Å²) in [5, 5.41) is 9.08. The van der Waals surface area contributed by atoms with Crippen LogP contribution in [-0.4, -0.2) is 4.98 Å². The molecule has 3 heteroatoms. The van der Waals surface area contributed by atoms with Crippen molar-refractivity contribution in [2.75, 3.05) is 0 Å². The first kappa shape index (κ1) is 14.0. The molecule has 0 spiro atoms. The van der Waals surface area contributed by atoms with Crippen LogP contribution in [0.5, 0.6) is 0 Å². The molecular formula is C17H14N2S. The van der Waals surface area contributed by atoms with Crippen LogP contribution < -0.4 is 0 Å². The number of pyridine rings is 1. The van der Waals surface area contributed by atoms with E-state index in [2.05, 4.69) is 54.0 Å². The number of H-pyrrole nitrogens is 1. The Morgan fingerprint density at radius 3 is 2.50 bits per heavy atom. The highest BCUT2D eigenvalue weighted by molar-refractivity contribution is 7.71. The summed E-state index contributed by atoms with van der Waals surface area (Å²) in [7, 11) is 0. The number of aromatic amines is 1. The van der Waals surface area contributed by atoms with Crippen molar-refractivity contribution in [2.24, 2.45) is 0 Å². The average molecular weight is 278 g/mol. The number of nitriles is 1. The first-order chi connectivity index (χ1) is 9.84. The van der Waals surface area contributed by atoms with Crippen LogP contribution in [0.25, 0.3) is 10.8 Å². The molecular weight excluding hydrogens is 264 g/mol. The maximum absolute atomic E-state index is 6.50. The fourth-order valence-corrected chi connectivity index (χ4v) is 2.44. The summed E-state index contributed by atoms with van der Waals surface area (Å²) >= 11 is 5.35. The summed E-state index contributed by atoms with van der Waals surface area (Å²) in [5.41, 5.74) is 2.49. The molecule has 0 fully saturated rings. The third-order valence-electron chi connectivity index (χ3n) is 3.17. The molecule has 0 aliphatic heterocycles. The molecule has 0 bridgehead atoms. The second kappa shape index (κ2) is 6.65. The molecule has 2 nitrogen and oxygen atoms in total. The van der Waals surface area contributed by atoms with Gasteiger partial charge in [-0.1, -0.05) is 54.7 Å². The van der Waals surface area contributed by atoms with Gasteiger partial charge in [-0.25, -0.2) is 5.26 Å². The summed E-state index contributed by atoms with van der Waals surface area (Å²) in [6, 6.07) is 16.8. The molecule has 0 aliphatic rings. The second-order valence-electron chi connectivity index (χ2n) is 4.35. The molecule has 3 aromatic rings. The third kappa shape index (κ3) is 2.93. The quantitative estimate of drug-likeness (QED) is 0.694. The van der Waals surface area contributed by atoms with E-state index in [0.717, 1.165) is 10.9 Å². The first-order valence-electron chi connectivity index (χ1n) is 6.23. The first-order valence-corrected chi connectivity index (χ1v) is 6.64. The minimum Gasteiger partial charge on any atom is -0.367 e. The molecule has 1 N–H and O–H groups in total. The summed E-state index contributed by atoms with van der Waals surface area (Å²) in [6.07, 6.45) is 4.73. The van der Waals surface area contributed by atoms with Crippen LogP contribution in [0.2, 0.25) is 0 Å². The molecule has 0 radical (unpaired) electrons. The smallest absolute Gasteiger partial charge is 0.0462 e. The van der Waals surface area contributed by atoms with Gasteiger partial charge in [-0.2, -0.15) is 0 Å². The largest absolute Gasteiger partial charge is 0.367 e. The van der Waals surface area contributed by atoms with Gasteiger partial charge in [-0.05, 0) is 28.0 Å². The minimum atomic E-state index is 0.873. The highest BCUT2D eigenvalue weighted by Crippen LogP contribution is 2.21. The van der Waals surface area contributed by atoms with Crippen molar-refractivity contribution >= 4 is 23.0 Å². The van der Waals surface area contributed by atoms with Crippen LogP contribution in [0.3, 0.4) is 0 Å². The van der Waals surface area contributed by atoms with E-state index in [-0.39, 0.29) is 0 Å². The highest BCUT2D eigenvalue weighted by Gasteiger charge is 2.02. The standard InChI is InChI=1S/C16H13NS.CHN/c18-16-8-9-17-11-14(16)10-13-6-3-5-12-4-1-2-7-15(12)13;1-2/h1-9,11H,10H2,(H,17,18);1H. The van der Waals surface area contributed by atoms with E-state index in [1.54, 1.807) is 0 Å². The van der Waals surface area contributed by atoms with Gasteiger partial charge in [0.2, 0.25) is 0 Å². The monoisotopic (exact) mass is 278 g/mol. The zero-order valence-corrected chi connectivity index (χ0v) is 11.7. The molecule has 0 saturated heterocycles. The molecule has 3 rings (SSSR count). The van der Waals surface area contributed by atoms with Crippen LogP contribution in [0.15, 0.2) is 60.9 Å². The maximum atomic E-state index is 6.50. The van der Waals surface area contributed by atoms with Crippen molar-refractivity contribution in [1.29, 1.82) is 5.26 Å². The summed E-state index contributed by atoms with van der Waals surface area (Å²) < 4.78 is 0.918. The predicted molar refractivity (Wildman–Crippen MR) is 85.1 cm³/mol. The van der Waals surface area contributed by atoms with Crippen molar-refractivity contribution in [3.63, 3.8) is 0 Å². The lowest BCUT2D eigenvalue weighted by Crippen LogP contribution is -1.91. The Labute approximate surface area is 123 Å². The Morgan fingerprint density at radius 2 is 1.70 bits per heavy atom. The number of nitrogens with one attached hydrogen (secondary N) is 1.